The first-order valence-corrected chi connectivity index (χ1v) is 4.15. The van der Waals surface area contributed by atoms with Crippen molar-refractivity contribution in [2.45, 2.75) is 6.54 Å². The van der Waals surface area contributed by atoms with Crippen molar-refractivity contribution in [1.29, 1.82) is 0 Å². The minimum absolute atomic E-state index is 0.305. The number of aromatic nitrogens is 1. The summed E-state index contributed by atoms with van der Waals surface area (Å²) >= 11 is 12.5. The molecule has 0 aliphatic carbocycles. The van der Waals surface area contributed by atoms with Crippen LogP contribution in [0.2, 0.25) is 10.2 Å². The standard InChI is InChI=1S/C4H4Cl2N4S/c5-3-2(1-8-10-7)11-9-4(3)6/h1H2,(H2,7,8). The maximum Gasteiger partial charge on any atom is 0.161 e. The molecule has 1 aromatic rings. The molecule has 1 aromatic heterocycles. The molecule has 0 radical (unpaired) electrons. The van der Waals surface area contributed by atoms with E-state index in [0.717, 1.165) is 4.88 Å². The monoisotopic (exact) mass is 210 g/mol. The summed E-state index contributed by atoms with van der Waals surface area (Å²) in [5.41, 5.74) is 0. The van der Waals surface area contributed by atoms with Crippen LogP contribution in [0.15, 0.2) is 10.3 Å². The summed E-state index contributed by atoms with van der Waals surface area (Å²) in [5.74, 6) is 4.80. The zero-order valence-electron chi connectivity index (χ0n) is 5.29. The topological polar surface area (TPSA) is 63.6 Å². The SMILES string of the molecule is NN=NCc1snc(Cl)c1Cl. The Bertz CT molecular complexity index is 271. The molecule has 0 bridgehead atoms. The Morgan fingerprint density at radius 3 is 2.73 bits per heavy atom. The van der Waals surface area contributed by atoms with Gasteiger partial charge >= 0.3 is 0 Å². The van der Waals surface area contributed by atoms with Gasteiger partial charge in [-0.2, -0.15) is 9.49 Å². The smallest absolute Gasteiger partial charge is 0.161 e. The van der Waals surface area contributed by atoms with Gasteiger partial charge in [-0.15, -0.1) is 0 Å². The van der Waals surface area contributed by atoms with E-state index in [9.17, 15) is 0 Å². The zero-order valence-corrected chi connectivity index (χ0v) is 7.62. The summed E-state index contributed by atoms with van der Waals surface area (Å²) in [6.07, 6.45) is 0. The molecule has 11 heavy (non-hydrogen) atoms. The van der Waals surface area contributed by atoms with Crippen LogP contribution in [0.25, 0.3) is 0 Å². The van der Waals surface area contributed by atoms with Crippen molar-refractivity contribution in [3.05, 3.63) is 15.1 Å². The van der Waals surface area contributed by atoms with Crippen molar-refractivity contribution < 1.29 is 0 Å². The molecule has 0 atom stereocenters. The summed E-state index contributed by atoms with van der Waals surface area (Å²) in [7, 11) is 0. The van der Waals surface area contributed by atoms with Crippen molar-refractivity contribution in [2.24, 2.45) is 16.2 Å². The van der Waals surface area contributed by atoms with Crippen LogP contribution in [0.5, 0.6) is 0 Å². The van der Waals surface area contributed by atoms with Crippen LogP contribution in [0, 0.1) is 0 Å². The minimum atomic E-state index is 0.305. The normalized spacial score (nSPS) is 11.1. The van der Waals surface area contributed by atoms with Crippen LogP contribution in [0.1, 0.15) is 4.88 Å². The second-order valence-corrected chi connectivity index (χ2v) is 3.22. The number of hydrogen-bond donors (Lipinski definition) is 1. The van der Waals surface area contributed by atoms with Gasteiger partial charge in [0.2, 0.25) is 0 Å². The number of halogens is 2. The highest BCUT2D eigenvalue weighted by atomic mass is 35.5. The molecule has 1 heterocycles. The predicted molar refractivity (Wildman–Crippen MR) is 44.9 cm³/mol. The second-order valence-electron chi connectivity index (χ2n) is 1.63. The highest BCUT2D eigenvalue weighted by Gasteiger charge is 2.08. The van der Waals surface area contributed by atoms with Gasteiger partial charge in [0.25, 0.3) is 0 Å². The van der Waals surface area contributed by atoms with Crippen LogP contribution in [0.4, 0.5) is 0 Å². The van der Waals surface area contributed by atoms with E-state index in [1.807, 2.05) is 0 Å². The van der Waals surface area contributed by atoms with Crippen molar-refractivity contribution >= 4 is 34.7 Å². The summed E-state index contributed by atoms with van der Waals surface area (Å²) < 4.78 is 3.80. The first-order chi connectivity index (χ1) is 5.25. The van der Waals surface area contributed by atoms with E-state index in [0.29, 0.717) is 16.7 Å². The van der Waals surface area contributed by atoms with Crippen LogP contribution in [-0.4, -0.2) is 4.37 Å². The van der Waals surface area contributed by atoms with Gasteiger partial charge in [-0.25, -0.2) is 0 Å². The lowest BCUT2D eigenvalue weighted by Crippen LogP contribution is -1.78. The maximum atomic E-state index is 5.72. The molecule has 7 heteroatoms. The quantitative estimate of drug-likeness (QED) is 0.463. The average molecular weight is 211 g/mol. The Hall–Kier alpha value is -0.390. The first kappa shape index (κ1) is 8.70. The lowest BCUT2D eigenvalue weighted by atomic mass is 10.5. The molecule has 60 valence electrons. The van der Waals surface area contributed by atoms with E-state index >= 15 is 0 Å². The average Bonchev–Trinajstić information content (AvgIpc) is 2.31. The minimum Gasteiger partial charge on any atom is -0.305 e. The zero-order chi connectivity index (χ0) is 8.27. The van der Waals surface area contributed by atoms with E-state index in [4.69, 9.17) is 29.0 Å². The summed E-state index contributed by atoms with van der Waals surface area (Å²) in [5, 5.41) is 7.37. The van der Waals surface area contributed by atoms with E-state index in [2.05, 4.69) is 14.7 Å². The molecule has 0 aliphatic rings. The van der Waals surface area contributed by atoms with Gasteiger partial charge in [-0.05, 0) is 11.5 Å². The Labute approximate surface area is 77.2 Å². The Morgan fingerprint density at radius 1 is 1.55 bits per heavy atom. The Balaban J connectivity index is 2.78. The molecule has 4 nitrogen and oxygen atoms in total. The summed E-state index contributed by atoms with van der Waals surface area (Å²) in [4.78, 5) is 0.769. The number of nitrogens with two attached hydrogens (primary N) is 1. The van der Waals surface area contributed by atoms with Crippen LogP contribution < -0.4 is 5.84 Å². The molecule has 0 saturated carbocycles. The van der Waals surface area contributed by atoms with Gasteiger partial charge in [0.1, 0.15) is 0 Å². The van der Waals surface area contributed by atoms with Gasteiger partial charge in [-0.3, -0.25) is 0 Å². The fourth-order valence-corrected chi connectivity index (χ4v) is 1.60. The first-order valence-electron chi connectivity index (χ1n) is 2.62. The van der Waals surface area contributed by atoms with Gasteiger partial charge in [0.15, 0.2) is 5.15 Å². The van der Waals surface area contributed by atoms with E-state index in [1.165, 1.54) is 11.5 Å². The van der Waals surface area contributed by atoms with Crippen LogP contribution in [-0.2, 0) is 6.54 Å². The third-order valence-corrected chi connectivity index (χ3v) is 2.77. The molecule has 2 N–H and O–H groups in total. The van der Waals surface area contributed by atoms with Crippen molar-refractivity contribution in [2.75, 3.05) is 0 Å². The predicted octanol–water partition coefficient (Wildman–Crippen LogP) is 2.28. The van der Waals surface area contributed by atoms with Crippen molar-refractivity contribution in [3.8, 4) is 0 Å². The third kappa shape index (κ3) is 2.02. The van der Waals surface area contributed by atoms with E-state index < -0.39 is 0 Å². The number of nitrogens with zero attached hydrogens (tertiary/aromatic N) is 3. The van der Waals surface area contributed by atoms with Crippen LogP contribution >= 0.6 is 34.7 Å². The summed E-state index contributed by atoms with van der Waals surface area (Å²) in [6.45, 7) is 0.333. The number of rotatable bonds is 2. The fraction of sp³-hybridized carbons (Fsp3) is 0.250. The summed E-state index contributed by atoms with van der Waals surface area (Å²) in [6, 6.07) is 0. The van der Waals surface area contributed by atoms with Gasteiger partial charge < -0.3 is 5.84 Å². The van der Waals surface area contributed by atoms with E-state index in [-0.39, 0.29) is 0 Å². The van der Waals surface area contributed by atoms with Gasteiger partial charge in [0.05, 0.1) is 16.4 Å². The highest BCUT2D eigenvalue weighted by molar-refractivity contribution is 7.06. The maximum absolute atomic E-state index is 5.72. The molecule has 0 spiro atoms. The van der Waals surface area contributed by atoms with Crippen molar-refractivity contribution in [1.82, 2.24) is 4.37 Å². The molecule has 0 saturated heterocycles. The molecule has 0 amide bonds. The largest absolute Gasteiger partial charge is 0.305 e. The molecule has 0 unspecified atom stereocenters. The van der Waals surface area contributed by atoms with Gasteiger partial charge in [0, 0.05) is 0 Å². The Morgan fingerprint density at radius 2 is 2.27 bits per heavy atom. The molecule has 0 fully saturated rings. The molecule has 1 rings (SSSR count). The van der Waals surface area contributed by atoms with E-state index in [1.54, 1.807) is 0 Å². The number of hydrogen-bond acceptors (Lipinski definition) is 4. The molecular formula is C4H4Cl2N4S. The fourth-order valence-electron chi connectivity index (χ4n) is 0.494. The lowest BCUT2D eigenvalue weighted by Gasteiger charge is -1.86. The highest BCUT2D eigenvalue weighted by Crippen LogP contribution is 2.28. The second kappa shape index (κ2) is 3.85. The lowest BCUT2D eigenvalue weighted by molar-refractivity contribution is 0.905. The van der Waals surface area contributed by atoms with Crippen LogP contribution in [0.3, 0.4) is 0 Å². The molecule has 0 aromatic carbocycles. The van der Waals surface area contributed by atoms with Gasteiger partial charge in [-0.1, -0.05) is 28.4 Å². The third-order valence-electron chi connectivity index (χ3n) is 0.958. The van der Waals surface area contributed by atoms with Crippen molar-refractivity contribution in [3.63, 3.8) is 0 Å². The molecule has 0 aliphatic heterocycles. The Kier molecular flexibility index (Phi) is 3.04. The molecular weight excluding hydrogens is 207 g/mol.